The van der Waals surface area contributed by atoms with Crippen molar-refractivity contribution in [2.75, 3.05) is 26.7 Å². The minimum Gasteiger partial charge on any atom is -0.481 e. The maximum Gasteiger partial charge on any atom is 0.252 e. The van der Waals surface area contributed by atoms with Crippen molar-refractivity contribution in [3.05, 3.63) is 69.5 Å². The Kier molecular flexibility index (Phi) is 10.1. The number of fused-ring (bicyclic) bond motifs is 2. The van der Waals surface area contributed by atoms with Crippen LogP contribution in [0.25, 0.3) is 21.3 Å². The molecular formula is C25H29Cl2N5O4S. The Morgan fingerprint density at radius 3 is 2.81 bits per heavy atom. The number of aliphatic hydroxyl groups excluding tert-OH is 2. The van der Waals surface area contributed by atoms with Gasteiger partial charge in [0.05, 0.1) is 42.2 Å². The first-order valence-electron chi connectivity index (χ1n) is 11.5. The van der Waals surface area contributed by atoms with Crippen LogP contribution >= 0.6 is 36.2 Å². The molecule has 1 aliphatic rings. The fourth-order valence-electron chi connectivity index (χ4n) is 4.61. The number of rotatable bonds is 7. The van der Waals surface area contributed by atoms with Crippen molar-refractivity contribution in [3.63, 3.8) is 0 Å². The van der Waals surface area contributed by atoms with Gasteiger partial charge in [0, 0.05) is 42.7 Å². The summed E-state index contributed by atoms with van der Waals surface area (Å²) in [5.41, 5.74) is 2.80. The maximum atomic E-state index is 11.8. The smallest absolute Gasteiger partial charge is 0.252 e. The summed E-state index contributed by atoms with van der Waals surface area (Å²) in [5.74, 6) is 0.482. The van der Waals surface area contributed by atoms with Gasteiger partial charge in [-0.25, -0.2) is 15.0 Å². The van der Waals surface area contributed by atoms with Crippen molar-refractivity contribution < 1.29 is 14.9 Å². The monoisotopic (exact) mass is 565 g/mol. The van der Waals surface area contributed by atoms with E-state index in [0.29, 0.717) is 40.4 Å². The van der Waals surface area contributed by atoms with E-state index in [1.54, 1.807) is 13.2 Å². The lowest BCUT2D eigenvalue weighted by Gasteiger charge is -2.38. The molecule has 1 saturated heterocycles. The molecule has 3 atom stereocenters. The molecule has 5 rings (SSSR count). The van der Waals surface area contributed by atoms with Crippen LogP contribution in [-0.4, -0.2) is 69.0 Å². The lowest BCUT2D eigenvalue weighted by atomic mass is 9.99. The molecule has 0 saturated carbocycles. The highest BCUT2D eigenvalue weighted by atomic mass is 35.5. The molecule has 3 aromatic heterocycles. The first-order valence-corrected chi connectivity index (χ1v) is 12.3. The largest absolute Gasteiger partial charge is 0.481 e. The number of nitrogens with zero attached hydrogens (tertiary/aromatic N) is 4. The predicted octanol–water partition coefficient (Wildman–Crippen LogP) is 2.71. The third-order valence-electron chi connectivity index (χ3n) is 6.35. The van der Waals surface area contributed by atoms with Crippen molar-refractivity contribution in [2.45, 2.75) is 31.2 Å². The molecule has 9 nitrogen and oxygen atoms in total. The lowest BCUT2D eigenvalue weighted by Crippen LogP contribution is -2.53. The first-order chi connectivity index (χ1) is 17.0. The minimum absolute atomic E-state index is 0. The Labute approximate surface area is 230 Å². The number of methoxy groups -OCH3 is 1. The molecule has 1 fully saturated rings. The molecule has 0 bridgehead atoms. The molecule has 198 valence electrons. The number of piperidine rings is 1. The Morgan fingerprint density at radius 2 is 2.03 bits per heavy atom. The molecule has 1 aromatic carbocycles. The molecule has 0 radical (unpaired) electrons. The highest BCUT2D eigenvalue weighted by Gasteiger charge is 2.31. The molecule has 0 spiro atoms. The number of aromatic nitrogens is 3. The zero-order valence-electron chi connectivity index (χ0n) is 20.1. The molecule has 12 heteroatoms. The highest BCUT2D eigenvalue weighted by molar-refractivity contribution is 7.15. The molecular weight excluding hydrogens is 537 g/mol. The summed E-state index contributed by atoms with van der Waals surface area (Å²) in [6.07, 6.45) is 0.603. The van der Waals surface area contributed by atoms with Gasteiger partial charge in [-0.05, 0) is 31.2 Å². The number of hydrogen-bond acceptors (Lipinski definition) is 10. The number of ether oxygens (including phenoxy) is 1. The third-order valence-corrected chi connectivity index (χ3v) is 7.15. The summed E-state index contributed by atoms with van der Waals surface area (Å²) in [5, 5.41) is 26.3. The summed E-state index contributed by atoms with van der Waals surface area (Å²) >= 11 is 1.06. The Balaban J connectivity index is 0.00000190. The summed E-state index contributed by atoms with van der Waals surface area (Å²) in [6, 6.07) is 13.0. The molecule has 4 aromatic rings. The van der Waals surface area contributed by atoms with Crippen LogP contribution in [0.3, 0.4) is 0 Å². The third kappa shape index (κ3) is 6.53. The van der Waals surface area contributed by atoms with Crippen LogP contribution in [0.2, 0.25) is 0 Å². The van der Waals surface area contributed by atoms with E-state index in [0.717, 1.165) is 35.4 Å². The average Bonchev–Trinajstić information content (AvgIpc) is 2.87. The van der Waals surface area contributed by atoms with Crippen LogP contribution in [0, 0.1) is 0 Å². The van der Waals surface area contributed by atoms with Crippen LogP contribution < -0.4 is 14.8 Å². The minimum atomic E-state index is -0.849. The second-order valence-corrected chi connectivity index (χ2v) is 9.64. The highest BCUT2D eigenvalue weighted by Crippen LogP contribution is 2.28. The van der Waals surface area contributed by atoms with E-state index in [2.05, 4.69) is 25.2 Å². The van der Waals surface area contributed by atoms with Crippen molar-refractivity contribution in [3.8, 4) is 5.88 Å². The summed E-state index contributed by atoms with van der Waals surface area (Å²) < 4.78 is 5.14. The van der Waals surface area contributed by atoms with Crippen molar-refractivity contribution in [2.24, 2.45) is 0 Å². The van der Waals surface area contributed by atoms with Gasteiger partial charge in [-0.2, -0.15) is 0 Å². The summed E-state index contributed by atoms with van der Waals surface area (Å²) in [6.45, 7) is 1.95. The number of nitrogens with one attached hydrogen (secondary N) is 1. The van der Waals surface area contributed by atoms with E-state index in [9.17, 15) is 15.0 Å². The van der Waals surface area contributed by atoms with Gasteiger partial charge < -0.3 is 20.3 Å². The van der Waals surface area contributed by atoms with E-state index >= 15 is 0 Å². The predicted molar refractivity (Wildman–Crippen MR) is 149 cm³/mol. The molecule has 1 aliphatic heterocycles. The first kappa shape index (κ1) is 29.1. The molecule has 0 amide bonds. The van der Waals surface area contributed by atoms with E-state index in [1.165, 1.54) is 6.20 Å². The fourth-order valence-corrected chi connectivity index (χ4v) is 5.30. The van der Waals surface area contributed by atoms with Crippen molar-refractivity contribution in [1.82, 2.24) is 25.2 Å². The number of pyridine rings is 2. The van der Waals surface area contributed by atoms with Gasteiger partial charge in [0.15, 0.2) is 0 Å². The van der Waals surface area contributed by atoms with Crippen LogP contribution in [0.4, 0.5) is 0 Å². The molecule has 0 unspecified atom stereocenters. The average molecular weight is 567 g/mol. The zero-order valence-corrected chi connectivity index (χ0v) is 22.6. The quantitative estimate of drug-likeness (QED) is 0.310. The van der Waals surface area contributed by atoms with Crippen LogP contribution in [0.5, 0.6) is 5.88 Å². The van der Waals surface area contributed by atoms with Gasteiger partial charge in [0.2, 0.25) is 5.88 Å². The van der Waals surface area contributed by atoms with Crippen LogP contribution in [-0.2, 0) is 6.54 Å². The van der Waals surface area contributed by atoms with E-state index in [4.69, 9.17) is 4.74 Å². The van der Waals surface area contributed by atoms with E-state index in [1.807, 2.05) is 36.4 Å². The molecule has 3 N–H and O–H groups in total. The number of para-hydroxylation sites is 1. The van der Waals surface area contributed by atoms with Gasteiger partial charge in [-0.15, -0.1) is 24.8 Å². The van der Waals surface area contributed by atoms with Crippen molar-refractivity contribution in [1.29, 1.82) is 0 Å². The molecule has 0 aliphatic carbocycles. The number of aliphatic hydroxyl groups is 2. The van der Waals surface area contributed by atoms with E-state index in [-0.39, 0.29) is 42.1 Å². The molecule has 4 heterocycles. The van der Waals surface area contributed by atoms with Crippen molar-refractivity contribution >= 4 is 57.4 Å². The van der Waals surface area contributed by atoms with Gasteiger partial charge >= 0.3 is 0 Å². The normalized spacial score (nSPS) is 18.3. The van der Waals surface area contributed by atoms with Gasteiger partial charge in [-0.1, -0.05) is 29.5 Å². The maximum absolute atomic E-state index is 11.8. The lowest BCUT2D eigenvalue weighted by molar-refractivity contribution is -0.0000825. The Hall–Kier alpha value is -2.44. The number of halogens is 2. The fraction of sp³-hybridized carbons (Fsp3) is 0.360. The Morgan fingerprint density at radius 1 is 1.19 bits per heavy atom. The number of hydrogen-bond donors (Lipinski definition) is 3. The van der Waals surface area contributed by atoms with Crippen LogP contribution in [0.15, 0.2) is 53.5 Å². The summed E-state index contributed by atoms with van der Waals surface area (Å²) in [4.78, 5) is 27.8. The SMILES string of the molecule is COc1ccc2cccc([C@@H](O)CN(Cc3ccc4ncc(=O)sc4n3)[C@H]3CCNC[C@@H]3O)c2n1.Cl.Cl. The second-order valence-electron chi connectivity index (χ2n) is 8.65. The molecule has 37 heavy (non-hydrogen) atoms. The van der Waals surface area contributed by atoms with Gasteiger partial charge in [0.1, 0.15) is 4.83 Å². The van der Waals surface area contributed by atoms with Crippen LogP contribution in [0.1, 0.15) is 23.8 Å². The topological polar surface area (TPSA) is 121 Å². The van der Waals surface area contributed by atoms with Gasteiger partial charge in [-0.3, -0.25) is 9.69 Å². The van der Waals surface area contributed by atoms with E-state index < -0.39 is 12.2 Å². The second kappa shape index (κ2) is 12.9. The number of benzene rings is 1. The zero-order chi connectivity index (χ0) is 24.4. The number of β-amino-alcohol motifs (C(OH)–C–C–N with tert-alkyl or cyclic N) is 1. The van der Waals surface area contributed by atoms with Gasteiger partial charge in [0.25, 0.3) is 4.74 Å². The Bertz CT molecular complexity index is 1410. The summed E-state index contributed by atoms with van der Waals surface area (Å²) in [7, 11) is 1.57. The standard InChI is InChI=1S/C25H27N5O4S.2ClH/c1-34-22-8-5-15-3-2-4-17(24(15)29-22)21(32)14-30(19-9-10-26-11-20(19)31)13-16-6-7-18-25(28-16)35-23(33)12-27-18;;/h2-8,12,19-21,26,31-32H,9-11,13-14H2,1H3;2*1H/t19-,20-,21-;;/m0../s1.